The fourth-order valence-corrected chi connectivity index (χ4v) is 2.92. The SMILES string of the molecule is O=C(NCC1CN2CCCC2CO1)c1ccc(F)cc1. The number of hydrogen-bond acceptors (Lipinski definition) is 3. The molecule has 0 radical (unpaired) electrons. The molecule has 0 spiro atoms. The molecule has 2 aliphatic heterocycles. The molecular weight excluding hydrogens is 259 g/mol. The lowest BCUT2D eigenvalue weighted by atomic mass is 10.1. The van der Waals surface area contributed by atoms with Crippen LogP contribution in [0.4, 0.5) is 4.39 Å². The number of rotatable bonds is 3. The van der Waals surface area contributed by atoms with Gasteiger partial charge in [-0.05, 0) is 43.7 Å². The van der Waals surface area contributed by atoms with E-state index in [2.05, 4.69) is 10.2 Å². The lowest BCUT2D eigenvalue weighted by Gasteiger charge is -2.35. The molecule has 1 aromatic carbocycles. The van der Waals surface area contributed by atoms with E-state index in [0.717, 1.165) is 19.7 Å². The lowest BCUT2D eigenvalue weighted by Crippen LogP contribution is -2.50. The number of fused-ring (bicyclic) bond motifs is 1. The Labute approximate surface area is 117 Å². The van der Waals surface area contributed by atoms with E-state index in [-0.39, 0.29) is 17.8 Å². The first kappa shape index (κ1) is 13.5. The second kappa shape index (κ2) is 5.89. The van der Waals surface area contributed by atoms with Gasteiger partial charge in [0, 0.05) is 24.7 Å². The Bertz CT molecular complexity index is 477. The van der Waals surface area contributed by atoms with E-state index in [4.69, 9.17) is 4.74 Å². The minimum atomic E-state index is -0.336. The number of nitrogens with one attached hydrogen (secondary N) is 1. The number of morpholine rings is 1. The highest BCUT2D eigenvalue weighted by Crippen LogP contribution is 2.22. The first-order valence-electron chi connectivity index (χ1n) is 7.12. The van der Waals surface area contributed by atoms with Crippen molar-refractivity contribution in [3.05, 3.63) is 35.6 Å². The zero-order valence-corrected chi connectivity index (χ0v) is 11.3. The molecule has 0 saturated carbocycles. The fourth-order valence-electron chi connectivity index (χ4n) is 2.92. The summed E-state index contributed by atoms with van der Waals surface area (Å²) in [6, 6.07) is 6.13. The van der Waals surface area contributed by atoms with E-state index >= 15 is 0 Å². The molecule has 2 saturated heterocycles. The molecule has 2 unspecified atom stereocenters. The molecule has 5 heteroatoms. The number of nitrogens with zero attached hydrogens (tertiary/aromatic N) is 1. The van der Waals surface area contributed by atoms with E-state index in [9.17, 15) is 9.18 Å². The summed E-state index contributed by atoms with van der Waals surface area (Å²) in [5.74, 6) is -0.519. The number of ether oxygens (including phenoxy) is 1. The zero-order chi connectivity index (χ0) is 13.9. The molecule has 0 aliphatic carbocycles. The number of carbonyl (C=O) groups is 1. The van der Waals surface area contributed by atoms with Crippen molar-refractivity contribution in [3.8, 4) is 0 Å². The van der Waals surface area contributed by atoms with Crippen molar-refractivity contribution in [2.24, 2.45) is 0 Å². The summed E-state index contributed by atoms with van der Waals surface area (Å²) in [4.78, 5) is 14.4. The van der Waals surface area contributed by atoms with Crippen LogP contribution < -0.4 is 5.32 Å². The molecule has 108 valence electrons. The van der Waals surface area contributed by atoms with Gasteiger partial charge in [0.05, 0.1) is 12.7 Å². The molecule has 1 aromatic rings. The maximum Gasteiger partial charge on any atom is 0.251 e. The third-order valence-corrected chi connectivity index (χ3v) is 4.06. The third kappa shape index (κ3) is 2.99. The van der Waals surface area contributed by atoms with Gasteiger partial charge in [-0.1, -0.05) is 0 Å². The highest BCUT2D eigenvalue weighted by atomic mass is 19.1. The summed E-state index contributed by atoms with van der Waals surface area (Å²) in [6.45, 7) is 3.28. The normalized spacial score (nSPS) is 26.2. The fraction of sp³-hybridized carbons (Fsp3) is 0.533. The van der Waals surface area contributed by atoms with Crippen LogP contribution >= 0.6 is 0 Å². The van der Waals surface area contributed by atoms with Gasteiger partial charge in [-0.3, -0.25) is 9.69 Å². The van der Waals surface area contributed by atoms with Gasteiger partial charge in [-0.15, -0.1) is 0 Å². The summed E-state index contributed by atoms with van der Waals surface area (Å²) >= 11 is 0. The second-order valence-corrected chi connectivity index (χ2v) is 5.46. The molecular formula is C15H19FN2O2. The maximum atomic E-state index is 12.8. The van der Waals surface area contributed by atoms with E-state index in [0.29, 0.717) is 18.2 Å². The van der Waals surface area contributed by atoms with Crippen molar-refractivity contribution in [1.82, 2.24) is 10.2 Å². The van der Waals surface area contributed by atoms with Crippen LogP contribution in [0.15, 0.2) is 24.3 Å². The van der Waals surface area contributed by atoms with Crippen molar-refractivity contribution in [3.63, 3.8) is 0 Å². The highest BCUT2D eigenvalue weighted by molar-refractivity contribution is 5.94. The molecule has 0 aromatic heterocycles. The predicted molar refractivity (Wildman–Crippen MR) is 73.1 cm³/mol. The Morgan fingerprint density at radius 2 is 2.20 bits per heavy atom. The van der Waals surface area contributed by atoms with Crippen LogP contribution in [0.3, 0.4) is 0 Å². The minimum absolute atomic E-state index is 0.0498. The van der Waals surface area contributed by atoms with Gasteiger partial charge in [0.15, 0.2) is 0 Å². The van der Waals surface area contributed by atoms with E-state index in [1.165, 1.54) is 37.1 Å². The lowest BCUT2D eigenvalue weighted by molar-refractivity contribution is -0.0461. The van der Waals surface area contributed by atoms with Gasteiger partial charge >= 0.3 is 0 Å². The number of halogens is 1. The highest BCUT2D eigenvalue weighted by Gasteiger charge is 2.32. The smallest absolute Gasteiger partial charge is 0.251 e. The van der Waals surface area contributed by atoms with Gasteiger partial charge in [0.1, 0.15) is 5.82 Å². The standard InChI is InChI=1S/C15H19FN2O2/c16-12-5-3-11(4-6-12)15(19)17-8-14-9-18-7-1-2-13(18)10-20-14/h3-6,13-14H,1-2,7-10H2,(H,17,19). The van der Waals surface area contributed by atoms with Crippen LogP contribution in [-0.2, 0) is 4.74 Å². The van der Waals surface area contributed by atoms with Crippen molar-refractivity contribution in [2.45, 2.75) is 25.0 Å². The summed E-state index contributed by atoms with van der Waals surface area (Å²) in [7, 11) is 0. The summed E-state index contributed by atoms with van der Waals surface area (Å²) < 4.78 is 18.6. The van der Waals surface area contributed by atoms with Crippen LogP contribution in [0.5, 0.6) is 0 Å². The first-order valence-corrected chi connectivity index (χ1v) is 7.12. The number of hydrogen-bond donors (Lipinski definition) is 1. The molecule has 1 amide bonds. The molecule has 0 bridgehead atoms. The van der Waals surface area contributed by atoms with E-state index in [1.54, 1.807) is 0 Å². The van der Waals surface area contributed by atoms with Gasteiger partial charge in [-0.2, -0.15) is 0 Å². The van der Waals surface area contributed by atoms with Crippen molar-refractivity contribution in [2.75, 3.05) is 26.2 Å². The van der Waals surface area contributed by atoms with Crippen LogP contribution in [-0.4, -0.2) is 49.2 Å². The van der Waals surface area contributed by atoms with Gasteiger partial charge in [-0.25, -0.2) is 4.39 Å². The Kier molecular flexibility index (Phi) is 3.98. The summed E-state index contributed by atoms with van der Waals surface area (Å²) in [5.41, 5.74) is 0.473. The zero-order valence-electron chi connectivity index (χ0n) is 11.3. The summed E-state index contributed by atoms with van der Waals surface area (Å²) in [5, 5.41) is 2.85. The average molecular weight is 278 g/mol. The number of carbonyl (C=O) groups excluding carboxylic acids is 1. The molecule has 1 N–H and O–H groups in total. The topological polar surface area (TPSA) is 41.6 Å². The third-order valence-electron chi connectivity index (χ3n) is 4.06. The van der Waals surface area contributed by atoms with Crippen LogP contribution in [0.1, 0.15) is 23.2 Å². The van der Waals surface area contributed by atoms with Gasteiger partial charge < -0.3 is 10.1 Å². The monoisotopic (exact) mass is 278 g/mol. The largest absolute Gasteiger partial charge is 0.373 e. The van der Waals surface area contributed by atoms with Crippen molar-refractivity contribution >= 4 is 5.91 Å². The Morgan fingerprint density at radius 3 is 3.00 bits per heavy atom. The summed E-state index contributed by atoms with van der Waals surface area (Å²) in [6.07, 6.45) is 2.51. The molecule has 2 heterocycles. The molecule has 3 rings (SSSR count). The Hall–Kier alpha value is -1.46. The molecule has 20 heavy (non-hydrogen) atoms. The van der Waals surface area contributed by atoms with Gasteiger partial charge in [0.2, 0.25) is 0 Å². The van der Waals surface area contributed by atoms with E-state index < -0.39 is 0 Å². The predicted octanol–water partition coefficient (Wildman–Crippen LogP) is 1.42. The molecule has 2 fully saturated rings. The van der Waals surface area contributed by atoms with Crippen molar-refractivity contribution < 1.29 is 13.9 Å². The second-order valence-electron chi connectivity index (χ2n) is 5.46. The molecule has 2 aliphatic rings. The maximum absolute atomic E-state index is 12.8. The number of amides is 1. The van der Waals surface area contributed by atoms with Crippen LogP contribution in [0.25, 0.3) is 0 Å². The number of benzene rings is 1. The Morgan fingerprint density at radius 1 is 1.40 bits per heavy atom. The minimum Gasteiger partial charge on any atom is -0.373 e. The first-order chi connectivity index (χ1) is 9.72. The van der Waals surface area contributed by atoms with Crippen LogP contribution in [0.2, 0.25) is 0 Å². The quantitative estimate of drug-likeness (QED) is 0.909. The molecule has 2 atom stereocenters. The molecule has 4 nitrogen and oxygen atoms in total. The average Bonchev–Trinajstić information content (AvgIpc) is 2.93. The van der Waals surface area contributed by atoms with Crippen molar-refractivity contribution in [1.29, 1.82) is 0 Å². The van der Waals surface area contributed by atoms with Crippen LogP contribution in [0, 0.1) is 5.82 Å². The Balaban J connectivity index is 1.49. The van der Waals surface area contributed by atoms with E-state index in [1.807, 2.05) is 0 Å². The van der Waals surface area contributed by atoms with Gasteiger partial charge in [0.25, 0.3) is 5.91 Å².